The largest absolute Gasteiger partial charge is 0.494 e. The van der Waals surface area contributed by atoms with Crippen molar-refractivity contribution in [3.63, 3.8) is 0 Å². The zero-order valence-corrected chi connectivity index (χ0v) is 12.9. The van der Waals surface area contributed by atoms with E-state index in [1.807, 2.05) is 25.1 Å². The molecule has 5 heteroatoms. The second-order valence-corrected chi connectivity index (χ2v) is 5.33. The van der Waals surface area contributed by atoms with E-state index in [2.05, 4.69) is 21.4 Å². The van der Waals surface area contributed by atoms with Crippen LogP contribution in [0.2, 0.25) is 0 Å². The predicted molar refractivity (Wildman–Crippen MR) is 81.0 cm³/mol. The minimum atomic E-state index is -0.443. The molecule has 0 radical (unpaired) electrons. The van der Waals surface area contributed by atoms with E-state index in [-0.39, 0.29) is 5.75 Å². The Balaban J connectivity index is 2.49. The average molecular weight is 339 g/mol. The standard InChI is InChI=1S/C15H16BrFN2O/c1-9-6-7-10(8-12(9)16)15(19-18)11-4-3-5-13(20-2)14(11)17/h3-8,15,19H,18H2,1-2H3. The van der Waals surface area contributed by atoms with E-state index < -0.39 is 11.9 Å². The first-order chi connectivity index (χ1) is 9.58. The molecule has 0 aliphatic heterocycles. The Morgan fingerprint density at radius 1 is 1.30 bits per heavy atom. The lowest BCUT2D eigenvalue weighted by atomic mass is 9.97. The molecule has 0 fully saturated rings. The summed E-state index contributed by atoms with van der Waals surface area (Å²) in [6, 6.07) is 10.4. The van der Waals surface area contributed by atoms with Crippen molar-refractivity contribution in [2.24, 2.45) is 5.84 Å². The van der Waals surface area contributed by atoms with Crippen LogP contribution in [0.15, 0.2) is 40.9 Å². The first-order valence-corrected chi connectivity index (χ1v) is 6.92. The van der Waals surface area contributed by atoms with Crippen LogP contribution in [0.4, 0.5) is 4.39 Å². The van der Waals surface area contributed by atoms with Gasteiger partial charge in [-0.25, -0.2) is 9.82 Å². The molecule has 2 aromatic rings. The van der Waals surface area contributed by atoms with Gasteiger partial charge in [-0.1, -0.05) is 40.2 Å². The van der Waals surface area contributed by atoms with Crippen LogP contribution < -0.4 is 16.0 Å². The maximum atomic E-state index is 14.3. The summed E-state index contributed by atoms with van der Waals surface area (Å²) in [5.41, 5.74) is 5.08. The number of halogens is 2. The molecule has 2 aromatic carbocycles. The highest BCUT2D eigenvalue weighted by molar-refractivity contribution is 9.10. The highest BCUT2D eigenvalue weighted by atomic mass is 79.9. The van der Waals surface area contributed by atoms with E-state index in [1.165, 1.54) is 7.11 Å². The number of rotatable bonds is 4. The van der Waals surface area contributed by atoms with Crippen LogP contribution in [0.25, 0.3) is 0 Å². The van der Waals surface area contributed by atoms with Crippen molar-refractivity contribution < 1.29 is 9.13 Å². The van der Waals surface area contributed by atoms with Crippen LogP contribution in [0.5, 0.6) is 5.75 Å². The van der Waals surface area contributed by atoms with E-state index in [1.54, 1.807) is 18.2 Å². The third-order valence-electron chi connectivity index (χ3n) is 3.22. The van der Waals surface area contributed by atoms with Crippen molar-refractivity contribution in [3.05, 3.63) is 63.4 Å². The van der Waals surface area contributed by atoms with E-state index >= 15 is 0 Å². The fourth-order valence-corrected chi connectivity index (χ4v) is 2.46. The number of ether oxygens (including phenoxy) is 1. The molecule has 0 bridgehead atoms. The van der Waals surface area contributed by atoms with Crippen molar-refractivity contribution in [1.82, 2.24) is 5.43 Å². The molecule has 3 nitrogen and oxygen atoms in total. The SMILES string of the molecule is COc1cccc(C(NN)c2ccc(C)c(Br)c2)c1F. The lowest BCUT2D eigenvalue weighted by Crippen LogP contribution is -2.29. The monoisotopic (exact) mass is 338 g/mol. The molecule has 0 heterocycles. The Labute approximate surface area is 126 Å². The van der Waals surface area contributed by atoms with Gasteiger partial charge in [0.1, 0.15) is 0 Å². The van der Waals surface area contributed by atoms with Crippen LogP contribution in [0.3, 0.4) is 0 Å². The lowest BCUT2D eigenvalue weighted by Gasteiger charge is -2.19. The van der Waals surface area contributed by atoms with Crippen molar-refractivity contribution >= 4 is 15.9 Å². The molecule has 0 spiro atoms. The second-order valence-electron chi connectivity index (χ2n) is 4.47. The van der Waals surface area contributed by atoms with Gasteiger partial charge < -0.3 is 4.74 Å². The van der Waals surface area contributed by atoms with Crippen LogP contribution in [0, 0.1) is 12.7 Å². The maximum absolute atomic E-state index is 14.3. The number of nitrogens with two attached hydrogens (primary N) is 1. The molecule has 3 N–H and O–H groups in total. The quantitative estimate of drug-likeness (QED) is 0.663. The third-order valence-corrected chi connectivity index (χ3v) is 4.07. The molecule has 2 rings (SSSR count). The summed E-state index contributed by atoms with van der Waals surface area (Å²) in [4.78, 5) is 0. The minimum Gasteiger partial charge on any atom is -0.494 e. The fraction of sp³-hybridized carbons (Fsp3) is 0.200. The summed E-state index contributed by atoms with van der Waals surface area (Å²) in [5, 5.41) is 0. The van der Waals surface area contributed by atoms with Gasteiger partial charge in [0.25, 0.3) is 0 Å². The molecule has 0 saturated carbocycles. The van der Waals surface area contributed by atoms with E-state index in [0.717, 1.165) is 15.6 Å². The first-order valence-electron chi connectivity index (χ1n) is 6.13. The van der Waals surface area contributed by atoms with Crippen molar-refractivity contribution in [1.29, 1.82) is 0 Å². The number of nitrogens with one attached hydrogen (secondary N) is 1. The molecule has 1 unspecified atom stereocenters. The summed E-state index contributed by atoms with van der Waals surface area (Å²) in [5.74, 6) is 5.41. The number of methoxy groups -OCH3 is 1. The molecule has 0 aromatic heterocycles. The summed E-state index contributed by atoms with van der Waals surface area (Å²) < 4.78 is 20.3. The Morgan fingerprint density at radius 2 is 2.05 bits per heavy atom. The van der Waals surface area contributed by atoms with E-state index in [9.17, 15) is 4.39 Å². The molecular weight excluding hydrogens is 323 g/mol. The number of benzene rings is 2. The number of aryl methyl sites for hydroxylation is 1. The number of hydrazine groups is 1. The van der Waals surface area contributed by atoms with Gasteiger partial charge in [-0.2, -0.15) is 0 Å². The third kappa shape index (κ3) is 2.85. The van der Waals surface area contributed by atoms with Gasteiger partial charge in [0, 0.05) is 10.0 Å². The van der Waals surface area contributed by atoms with Gasteiger partial charge >= 0.3 is 0 Å². The highest BCUT2D eigenvalue weighted by Crippen LogP contribution is 2.30. The molecule has 0 aliphatic carbocycles. The van der Waals surface area contributed by atoms with Crippen LogP contribution in [-0.2, 0) is 0 Å². The number of hydrogen-bond donors (Lipinski definition) is 2. The molecule has 1 atom stereocenters. The van der Waals surface area contributed by atoms with Gasteiger partial charge in [0.05, 0.1) is 13.2 Å². The molecule has 20 heavy (non-hydrogen) atoms. The van der Waals surface area contributed by atoms with Crippen molar-refractivity contribution in [2.75, 3.05) is 7.11 Å². The molecular formula is C15H16BrFN2O. The van der Waals surface area contributed by atoms with Crippen molar-refractivity contribution in [3.8, 4) is 5.75 Å². The van der Waals surface area contributed by atoms with Crippen LogP contribution in [0.1, 0.15) is 22.7 Å². The summed E-state index contributed by atoms with van der Waals surface area (Å²) in [6.45, 7) is 1.99. The van der Waals surface area contributed by atoms with Gasteiger partial charge in [0.2, 0.25) is 0 Å². The Kier molecular flexibility index (Phi) is 4.75. The van der Waals surface area contributed by atoms with Crippen LogP contribution >= 0.6 is 15.9 Å². The van der Waals surface area contributed by atoms with Gasteiger partial charge in [-0.3, -0.25) is 5.84 Å². The number of hydrogen-bond acceptors (Lipinski definition) is 3. The van der Waals surface area contributed by atoms with Crippen LogP contribution in [-0.4, -0.2) is 7.11 Å². The smallest absolute Gasteiger partial charge is 0.170 e. The second kappa shape index (κ2) is 6.35. The Morgan fingerprint density at radius 3 is 2.65 bits per heavy atom. The fourth-order valence-electron chi connectivity index (χ4n) is 2.06. The first kappa shape index (κ1) is 15.0. The zero-order chi connectivity index (χ0) is 14.7. The molecule has 0 aliphatic rings. The summed E-state index contributed by atoms with van der Waals surface area (Å²) in [6.07, 6.45) is 0. The highest BCUT2D eigenvalue weighted by Gasteiger charge is 2.19. The lowest BCUT2D eigenvalue weighted by molar-refractivity contribution is 0.381. The van der Waals surface area contributed by atoms with E-state index in [0.29, 0.717) is 5.56 Å². The molecule has 0 amide bonds. The van der Waals surface area contributed by atoms with Gasteiger partial charge in [0.15, 0.2) is 11.6 Å². The van der Waals surface area contributed by atoms with Crippen molar-refractivity contribution in [2.45, 2.75) is 13.0 Å². The van der Waals surface area contributed by atoms with Gasteiger partial charge in [-0.05, 0) is 30.2 Å². The maximum Gasteiger partial charge on any atom is 0.170 e. The Hall–Kier alpha value is -1.43. The normalized spacial score (nSPS) is 12.2. The molecule has 106 valence electrons. The zero-order valence-electron chi connectivity index (χ0n) is 11.3. The summed E-state index contributed by atoms with van der Waals surface area (Å²) in [7, 11) is 1.44. The predicted octanol–water partition coefficient (Wildman–Crippen LogP) is 3.46. The topological polar surface area (TPSA) is 47.3 Å². The Bertz CT molecular complexity index is 619. The van der Waals surface area contributed by atoms with E-state index in [4.69, 9.17) is 10.6 Å². The van der Waals surface area contributed by atoms with Gasteiger partial charge in [-0.15, -0.1) is 0 Å². The molecule has 0 saturated heterocycles. The summed E-state index contributed by atoms with van der Waals surface area (Å²) >= 11 is 3.48. The average Bonchev–Trinajstić information content (AvgIpc) is 2.45. The minimum absolute atomic E-state index is 0.203.